The molecule has 0 bridgehead atoms. The number of carbonyl (C=O) groups is 3. The minimum absolute atomic E-state index is 0.132. The quantitative estimate of drug-likeness (QED) is 0.282. The second-order valence-electron chi connectivity index (χ2n) is 8.52. The summed E-state index contributed by atoms with van der Waals surface area (Å²) < 4.78 is 5.40. The topological polar surface area (TPSA) is 92.7 Å². The number of hydrogen-bond donors (Lipinski definition) is 2. The number of carbonyl (C=O) groups excluding carboxylic acids is 2. The third-order valence-electron chi connectivity index (χ3n) is 4.44. The van der Waals surface area contributed by atoms with Crippen molar-refractivity contribution < 1.29 is 24.2 Å². The first-order valence-electron chi connectivity index (χ1n) is 10.9. The number of nitrogens with one attached hydrogen (secondary N) is 1. The van der Waals surface area contributed by atoms with Gasteiger partial charge in [0.2, 0.25) is 5.91 Å². The molecule has 1 amide bonds. The van der Waals surface area contributed by atoms with Crippen LogP contribution in [0.15, 0.2) is 0 Å². The van der Waals surface area contributed by atoms with Crippen LogP contribution in [-0.4, -0.2) is 34.6 Å². The molecule has 0 aromatic rings. The lowest BCUT2D eigenvalue weighted by Gasteiger charge is -2.24. The molecule has 28 heavy (non-hydrogen) atoms. The van der Waals surface area contributed by atoms with Crippen molar-refractivity contribution in [1.82, 2.24) is 5.32 Å². The zero-order valence-electron chi connectivity index (χ0n) is 18.3. The van der Waals surface area contributed by atoms with Gasteiger partial charge in [-0.1, -0.05) is 71.1 Å². The van der Waals surface area contributed by atoms with E-state index in [0.717, 1.165) is 19.3 Å². The Morgan fingerprint density at radius 1 is 0.857 bits per heavy atom. The summed E-state index contributed by atoms with van der Waals surface area (Å²) in [5.74, 6) is -1.91. The molecule has 0 radical (unpaired) electrons. The fourth-order valence-electron chi connectivity index (χ4n) is 2.94. The van der Waals surface area contributed by atoms with Crippen LogP contribution >= 0.6 is 0 Å². The Morgan fingerprint density at radius 2 is 1.36 bits per heavy atom. The maximum Gasteiger partial charge on any atom is 0.329 e. The molecule has 0 aliphatic heterocycles. The SMILES string of the molecule is CCCCCCCCCCCCC(NC(=O)CCC(=O)O)C(=O)OC(C)(C)C. The first-order valence-corrected chi connectivity index (χ1v) is 10.9. The average molecular weight is 400 g/mol. The van der Waals surface area contributed by atoms with Crippen LogP contribution in [0.5, 0.6) is 0 Å². The largest absolute Gasteiger partial charge is 0.481 e. The Hall–Kier alpha value is -1.59. The summed E-state index contributed by atoms with van der Waals surface area (Å²) in [7, 11) is 0. The Morgan fingerprint density at radius 3 is 1.82 bits per heavy atom. The first kappa shape index (κ1) is 26.4. The van der Waals surface area contributed by atoms with E-state index in [1.54, 1.807) is 20.8 Å². The van der Waals surface area contributed by atoms with Gasteiger partial charge in [0.05, 0.1) is 6.42 Å². The van der Waals surface area contributed by atoms with Gasteiger partial charge in [-0.15, -0.1) is 0 Å². The summed E-state index contributed by atoms with van der Waals surface area (Å²) in [6.45, 7) is 7.58. The molecule has 164 valence electrons. The van der Waals surface area contributed by atoms with Gasteiger partial charge >= 0.3 is 11.9 Å². The van der Waals surface area contributed by atoms with E-state index in [1.165, 1.54) is 44.9 Å². The number of hydrogen-bond acceptors (Lipinski definition) is 4. The standard InChI is InChI=1S/C22H41NO5/c1-5-6-7-8-9-10-11-12-13-14-15-18(21(27)28-22(2,3)4)23-19(24)16-17-20(25)26/h18H,5-17H2,1-4H3,(H,23,24)(H,25,26). The minimum atomic E-state index is -1.03. The molecule has 6 nitrogen and oxygen atoms in total. The van der Waals surface area contributed by atoms with Gasteiger partial charge in [0, 0.05) is 6.42 Å². The van der Waals surface area contributed by atoms with Crippen LogP contribution in [0.2, 0.25) is 0 Å². The van der Waals surface area contributed by atoms with Crippen molar-refractivity contribution in [3.63, 3.8) is 0 Å². The van der Waals surface area contributed by atoms with E-state index in [2.05, 4.69) is 12.2 Å². The van der Waals surface area contributed by atoms with Crippen molar-refractivity contribution >= 4 is 17.8 Å². The van der Waals surface area contributed by atoms with Crippen LogP contribution in [0.1, 0.15) is 111 Å². The van der Waals surface area contributed by atoms with Crippen molar-refractivity contribution in [3.8, 4) is 0 Å². The van der Waals surface area contributed by atoms with Crippen LogP contribution in [-0.2, 0) is 19.1 Å². The Bertz CT molecular complexity index is 456. The second-order valence-corrected chi connectivity index (χ2v) is 8.52. The smallest absolute Gasteiger partial charge is 0.329 e. The van der Waals surface area contributed by atoms with Gasteiger partial charge in [0.25, 0.3) is 0 Å². The molecule has 0 heterocycles. The Kier molecular flexibility index (Phi) is 14.5. The molecular formula is C22H41NO5. The van der Waals surface area contributed by atoms with Crippen LogP contribution in [0.25, 0.3) is 0 Å². The summed E-state index contributed by atoms with van der Waals surface area (Å²) in [6, 6.07) is -0.713. The van der Waals surface area contributed by atoms with Gasteiger partial charge in [-0.05, 0) is 27.2 Å². The number of amides is 1. The predicted octanol–water partition coefficient (Wildman–Crippen LogP) is 4.99. The van der Waals surface area contributed by atoms with Gasteiger partial charge < -0.3 is 15.2 Å². The van der Waals surface area contributed by atoms with E-state index in [9.17, 15) is 14.4 Å². The zero-order valence-corrected chi connectivity index (χ0v) is 18.3. The van der Waals surface area contributed by atoms with E-state index < -0.39 is 29.5 Å². The molecule has 1 atom stereocenters. The molecule has 0 fully saturated rings. The molecule has 2 N–H and O–H groups in total. The van der Waals surface area contributed by atoms with E-state index >= 15 is 0 Å². The predicted molar refractivity (Wildman–Crippen MR) is 111 cm³/mol. The fourth-order valence-corrected chi connectivity index (χ4v) is 2.94. The summed E-state index contributed by atoms with van der Waals surface area (Å²) in [5, 5.41) is 11.3. The van der Waals surface area contributed by atoms with Gasteiger partial charge in [-0.25, -0.2) is 4.79 Å². The number of carboxylic acid groups (broad SMARTS) is 1. The third kappa shape index (κ3) is 16.6. The van der Waals surface area contributed by atoms with Gasteiger partial charge in [0.15, 0.2) is 0 Å². The number of ether oxygens (including phenoxy) is 1. The van der Waals surface area contributed by atoms with Crippen molar-refractivity contribution in [1.29, 1.82) is 0 Å². The summed E-state index contributed by atoms with van der Waals surface area (Å²) >= 11 is 0. The highest BCUT2D eigenvalue weighted by atomic mass is 16.6. The molecule has 6 heteroatoms. The Labute approximate surface area is 170 Å². The van der Waals surface area contributed by atoms with Crippen LogP contribution in [0.3, 0.4) is 0 Å². The first-order chi connectivity index (χ1) is 13.2. The monoisotopic (exact) mass is 399 g/mol. The highest BCUT2D eigenvalue weighted by Gasteiger charge is 2.26. The van der Waals surface area contributed by atoms with E-state index in [1.807, 2.05) is 0 Å². The molecule has 0 aliphatic carbocycles. The number of aliphatic carboxylic acids is 1. The highest BCUT2D eigenvalue weighted by Crippen LogP contribution is 2.15. The number of esters is 1. The number of unbranched alkanes of at least 4 members (excludes halogenated alkanes) is 9. The van der Waals surface area contributed by atoms with Crippen molar-refractivity contribution in [2.24, 2.45) is 0 Å². The van der Waals surface area contributed by atoms with Crippen LogP contribution in [0.4, 0.5) is 0 Å². The molecule has 1 unspecified atom stereocenters. The molecule has 0 aromatic carbocycles. The highest BCUT2D eigenvalue weighted by molar-refractivity contribution is 5.86. The second kappa shape index (κ2) is 15.3. The van der Waals surface area contributed by atoms with Gasteiger partial charge in [-0.3, -0.25) is 9.59 Å². The lowest BCUT2D eigenvalue weighted by Crippen LogP contribution is -2.44. The molecule has 0 saturated carbocycles. The molecule has 0 aromatic heterocycles. The van der Waals surface area contributed by atoms with Gasteiger partial charge in [0.1, 0.15) is 11.6 Å². The van der Waals surface area contributed by atoms with Crippen LogP contribution in [0, 0.1) is 0 Å². The summed E-state index contributed by atoms with van der Waals surface area (Å²) in [4.78, 5) is 34.9. The maximum absolute atomic E-state index is 12.4. The van der Waals surface area contributed by atoms with Crippen molar-refractivity contribution in [3.05, 3.63) is 0 Å². The lowest BCUT2D eigenvalue weighted by molar-refractivity contribution is -0.158. The Balaban J connectivity index is 4.21. The summed E-state index contributed by atoms with van der Waals surface area (Å²) in [5.41, 5.74) is -0.626. The van der Waals surface area contributed by atoms with E-state index in [0.29, 0.717) is 6.42 Å². The number of rotatable bonds is 16. The third-order valence-corrected chi connectivity index (χ3v) is 4.44. The zero-order chi connectivity index (χ0) is 21.4. The fraction of sp³-hybridized carbons (Fsp3) is 0.864. The van der Waals surface area contributed by atoms with E-state index in [4.69, 9.17) is 9.84 Å². The van der Waals surface area contributed by atoms with Crippen LogP contribution < -0.4 is 5.32 Å². The van der Waals surface area contributed by atoms with Crippen molar-refractivity contribution in [2.75, 3.05) is 0 Å². The summed E-state index contributed by atoms with van der Waals surface area (Å²) in [6.07, 6.45) is 12.1. The normalized spacial score (nSPS) is 12.4. The lowest BCUT2D eigenvalue weighted by atomic mass is 10.0. The van der Waals surface area contributed by atoms with E-state index in [-0.39, 0.29) is 12.8 Å². The number of carboxylic acids is 1. The molecule has 0 saturated heterocycles. The minimum Gasteiger partial charge on any atom is -0.481 e. The molecule has 0 spiro atoms. The van der Waals surface area contributed by atoms with Gasteiger partial charge in [-0.2, -0.15) is 0 Å². The molecule has 0 aliphatic rings. The van der Waals surface area contributed by atoms with Crippen molar-refractivity contribution in [2.45, 2.75) is 123 Å². The molecular weight excluding hydrogens is 358 g/mol. The molecule has 0 rings (SSSR count). The maximum atomic E-state index is 12.4. The average Bonchev–Trinajstić information content (AvgIpc) is 2.59.